The molecule has 1 unspecified atom stereocenters. The highest BCUT2D eigenvalue weighted by atomic mass is 35.5. The second kappa shape index (κ2) is 6.62. The minimum atomic E-state index is -3.74. The molecule has 7 heteroatoms. The van der Waals surface area contributed by atoms with E-state index in [2.05, 4.69) is 4.18 Å². The molecule has 0 radical (unpaired) electrons. The molecule has 1 atom stereocenters. The molecule has 0 aromatic carbocycles. The number of aliphatic hydroxyl groups is 1. The van der Waals surface area contributed by atoms with Crippen molar-refractivity contribution in [2.75, 3.05) is 12.5 Å². The summed E-state index contributed by atoms with van der Waals surface area (Å²) in [5.41, 5.74) is 5.15. The average Bonchev–Trinajstić information content (AvgIpc) is 1.87. The Labute approximate surface area is 79.9 Å². The lowest BCUT2D eigenvalue weighted by atomic mass is 10.3. The second-order valence-electron chi connectivity index (χ2n) is 2.17. The number of aliphatic hydroxyl groups excluding tert-OH is 1. The summed E-state index contributed by atoms with van der Waals surface area (Å²) in [5.74, 6) is -0.984. The van der Waals surface area contributed by atoms with Gasteiger partial charge in [-0.2, -0.15) is 8.42 Å². The standard InChI is InChI=1S/C5H13NO4S.ClH/c1-5(2-3-6)10-11(8,9)4-7;/h5,7H,2-4,6H2,1H3;1H. The highest BCUT2D eigenvalue weighted by Crippen LogP contribution is 2.01. The first-order valence-electron chi connectivity index (χ1n) is 3.23. The Morgan fingerprint density at radius 3 is 2.50 bits per heavy atom. The van der Waals surface area contributed by atoms with Crippen molar-refractivity contribution in [1.29, 1.82) is 0 Å². The van der Waals surface area contributed by atoms with Crippen molar-refractivity contribution in [2.45, 2.75) is 19.4 Å². The number of hydrogen-bond donors (Lipinski definition) is 2. The predicted molar refractivity (Wildman–Crippen MR) is 41.3 cm³/mol. The molecule has 0 bridgehead atoms. The molecule has 0 fully saturated rings. The van der Waals surface area contributed by atoms with Crippen LogP contribution in [0.4, 0.5) is 0 Å². The first-order valence-corrected chi connectivity index (χ1v) is 4.81. The van der Waals surface area contributed by atoms with E-state index in [-0.39, 0.29) is 13.8 Å². The van der Waals surface area contributed by atoms with Gasteiger partial charge in [0.15, 0.2) is 5.94 Å². The lowest BCUT2D eigenvalue weighted by molar-refractivity contribution is -0.00000789. The van der Waals surface area contributed by atoms with Crippen LogP contribution < -0.4 is 18.1 Å². The fourth-order valence-electron chi connectivity index (χ4n) is 0.564. The molecule has 0 heterocycles. The Balaban J connectivity index is -0.000000500. The normalized spacial score (nSPS) is 13.6. The quantitative estimate of drug-likeness (QED) is 0.462. The largest absolute Gasteiger partial charge is 1.00 e. The van der Waals surface area contributed by atoms with Crippen molar-refractivity contribution in [2.24, 2.45) is 5.73 Å². The van der Waals surface area contributed by atoms with Crippen LogP contribution >= 0.6 is 0 Å². The fraction of sp³-hybridized carbons (Fsp3) is 1.00. The molecule has 12 heavy (non-hydrogen) atoms. The molecule has 0 saturated carbocycles. The Morgan fingerprint density at radius 2 is 2.17 bits per heavy atom. The van der Waals surface area contributed by atoms with E-state index in [4.69, 9.17) is 10.8 Å². The molecule has 0 spiro atoms. The summed E-state index contributed by atoms with van der Waals surface area (Å²) in [6.45, 7) is 1.95. The van der Waals surface area contributed by atoms with E-state index in [1.165, 1.54) is 0 Å². The molecule has 0 aliphatic heterocycles. The maximum absolute atomic E-state index is 10.6. The van der Waals surface area contributed by atoms with Crippen molar-refractivity contribution < 1.29 is 31.5 Å². The number of nitrogens with two attached hydrogens (primary N) is 1. The van der Waals surface area contributed by atoms with Gasteiger partial charge in [-0.05, 0) is 19.9 Å². The third kappa shape index (κ3) is 6.81. The van der Waals surface area contributed by atoms with E-state index in [1.54, 1.807) is 6.92 Å². The maximum Gasteiger partial charge on any atom is 1.00 e. The SMILES string of the molecule is CC(CCN)OS(=O)(=O)CO.[Cl-].[H+]. The van der Waals surface area contributed by atoms with E-state index in [1.807, 2.05) is 0 Å². The first kappa shape index (κ1) is 14.6. The van der Waals surface area contributed by atoms with Gasteiger partial charge in [0.05, 0.1) is 6.10 Å². The lowest BCUT2D eigenvalue weighted by Gasteiger charge is -2.09. The molecule has 0 aliphatic carbocycles. The van der Waals surface area contributed by atoms with Gasteiger partial charge in [-0.25, -0.2) is 0 Å². The Hall–Kier alpha value is 0.120. The second-order valence-corrected chi connectivity index (χ2v) is 3.74. The highest BCUT2D eigenvalue weighted by molar-refractivity contribution is 7.86. The topological polar surface area (TPSA) is 89.6 Å². The molecule has 5 nitrogen and oxygen atoms in total. The van der Waals surface area contributed by atoms with Crippen LogP contribution in [0.5, 0.6) is 0 Å². The zero-order valence-corrected chi connectivity index (χ0v) is 8.31. The highest BCUT2D eigenvalue weighted by Gasteiger charge is 2.13. The molecule has 0 amide bonds. The van der Waals surface area contributed by atoms with Gasteiger partial charge in [-0.15, -0.1) is 0 Å². The van der Waals surface area contributed by atoms with Crippen molar-refractivity contribution >= 4 is 10.1 Å². The number of rotatable bonds is 5. The summed E-state index contributed by atoms with van der Waals surface area (Å²) in [7, 11) is -3.74. The number of hydrogen-bond acceptors (Lipinski definition) is 5. The van der Waals surface area contributed by atoms with Gasteiger partial charge in [0, 0.05) is 0 Å². The third-order valence-corrected chi connectivity index (χ3v) is 1.98. The summed E-state index contributed by atoms with van der Waals surface area (Å²) in [6.07, 6.45) is -0.00340. The van der Waals surface area contributed by atoms with E-state index < -0.39 is 22.2 Å². The van der Waals surface area contributed by atoms with Crippen LogP contribution in [0.2, 0.25) is 0 Å². The van der Waals surface area contributed by atoms with Gasteiger partial charge in [0.25, 0.3) is 10.1 Å². The summed E-state index contributed by atoms with van der Waals surface area (Å²) in [4.78, 5) is 0. The van der Waals surface area contributed by atoms with Crippen molar-refractivity contribution in [3.63, 3.8) is 0 Å². The summed E-state index contributed by atoms with van der Waals surface area (Å²) in [6, 6.07) is 0. The molecule has 0 rings (SSSR count). The third-order valence-electron chi connectivity index (χ3n) is 1.04. The lowest BCUT2D eigenvalue weighted by Crippen LogP contribution is -3.00. The van der Waals surface area contributed by atoms with Crippen LogP contribution in [0.15, 0.2) is 0 Å². The summed E-state index contributed by atoms with van der Waals surface area (Å²) in [5, 5.41) is 8.27. The molecule has 0 saturated heterocycles. The summed E-state index contributed by atoms with van der Waals surface area (Å²) < 4.78 is 25.6. The fourth-order valence-corrected chi connectivity index (χ4v) is 1.22. The minimum absolute atomic E-state index is 0. The Morgan fingerprint density at radius 1 is 1.67 bits per heavy atom. The van der Waals surface area contributed by atoms with Crippen molar-refractivity contribution in [3.8, 4) is 0 Å². The zero-order valence-electron chi connectivity index (χ0n) is 7.73. The van der Waals surface area contributed by atoms with Crippen LogP contribution in [-0.4, -0.2) is 32.1 Å². The summed E-state index contributed by atoms with van der Waals surface area (Å²) >= 11 is 0. The zero-order chi connectivity index (χ0) is 8.91. The first-order chi connectivity index (χ1) is 5.02. The van der Waals surface area contributed by atoms with Crippen LogP contribution in [0, 0.1) is 0 Å². The molecular weight excluding hydrogens is 206 g/mol. The van der Waals surface area contributed by atoms with E-state index >= 15 is 0 Å². The van der Waals surface area contributed by atoms with Gasteiger partial charge in [-0.1, -0.05) is 0 Å². The van der Waals surface area contributed by atoms with Crippen LogP contribution in [-0.2, 0) is 14.3 Å². The maximum atomic E-state index is 10.6. The average molecular weight is 220 g/mol. The molecule has 0 aliphatic rings. The molecular formula is C5H14ClNO4S. The van der Waals surface area contributed by atoms with Gasteiger partial charge < -0.3 is 23.2 Å². The molecule has 3 N–H and O–H groups in total. The molecule has 0 aromatic rings. The van der Waals surface area contributed by atoms with Crippen LogP contribution in [0.25, 0.3) is 0 Å². The van der Waals surface area contributed by atoms with E-state index in [9.17, 15) is 8.42 Å². The van der Waals surface area contributed by atoms with E-state index in [0.29, 0.717) is 13.0 Å². The minimum Gasteiger partial charge on any atom is -1.00 e. The smallest absolute Gasteiger partial charge is 1.00 e. The predicted octanol–water partition coefficient (Wildman–Crippen LogP) is -3.86. The van der Waals surface area contributed by atoms with Gasteiger partial charge in [0.2, 0.25) is 0 Å². The van der Waals surface area contributed by atoms with Crippen molar-refractivity contribution in [3.05, 3.63) is 0 Å². The van der Waals surface area contributed by atoms with Crippen LogP contribution in [0.3, 0.4) is 0 Å². The molecule has 0 aromatic heterocycles. The van der Waals surface area contributed by atoms with Crippen LogP contribution in [0.1, 0.15) is 14.8 Å². The molecule has 76 valence electrons. The van der Waals surface area contributed by atoms with E-state index in [0.717, 1.165) is 0 Å². The van der Waals surface area contributed by atoms with Crippen molar-refractivity contribution in [1.82, 2.24) is 0 Å². The Kier molecular flexibility index (Phi) is 8.07. The van der Waals surface area contributed by atoms with Gasteiger partial charge in [0.1, 0.15) is 0 Å². The van der Waals surface area contributed by atoms with Gasteiger partial charge >= 0.3 is 1.43 Å². The van der Waals surface area contributed by atoms with Gasteiger partial charge in [-0.3, -0.25) is 4.18 Å². The Bertz CT molecular complexity index is 199. The monoisotopic (exact) mass is 219 g/mol. The number of halogens is 1.